The minimum Gasteiger partial charge on any atom is -0.459 e. The van der Waals surface area contributed by atoms with Gasteiger partial charge in [-0.1, -0.05) is 0 Å². The van der Waals surface area contributed by atoms with Gasteiger partial charge >= 0.3 is 5.97 Å². The standard InChI is InChI=1S/C6H8O3/c7-6-1-4-2-8-3-5(4)9-6/h4-5H,1-3H2. The maximum absolute atomic E-state index is 10.6. The van der Waals surface area contributed by atoms with Gasteiger partial charge in [0.25, 0.3) is 0 Å². The molecule has 2 heterocycles. The van der Waals surface area contributed by atoms with Crippen molar-refractivity contribution in [3.05, 3.63) is 0 Å². The van der Waals surface area contributed by atoms with Gasteiger partial charge in [-0.3, -0.25) is 4.79 Å². The molecule has 0 bridgehead atoms. The average molecular weight is 128 g/mol. The number of fused-ring (bicyclic) bond motifs is 1. The predicted octanol–water partition coefficient (Wildman–Crippen LogP) is -0.0517. The molecule has 2 saturated heterocycles. The molecule has 0 aromatic rings. The van der Waals surface area contributed by atoms with Crippen molar-refractivity contribution >= 4 is 5.97 Å². The van der Waals surface area contributed by atoms with Gasteiger partial charge in [-0.25, -0.2) is 0 Å². The number of carbonyl (C=O) groups is 1. The Morgan fingerprint density at radius 2 is 2.33 bits per heavy atom. The highest BCUT2D eigenvalue weighted by molar-refractivity contribution is 5.72. The highest BCUT2D eigenvalue weighted by atomic mass is 16.6. The Balaban J connectivity index is 2.09. The van der Waals surface area contributed by atoms with Crippen LogP contribution in [0.15, 0.2) is 0 Å². The summed E-state index contributed by atoms with van der Waals surface area (Å²) < 4.78 is 10.0. The van der Waals surface area contributed by atoms with Gasteiger partial charge < -0.3 is 9.47 Å². The summed E-state index contributed by atoms with van der Waals surface area (Å²) in [5.41, 5.74) is 0. The van der Waals surface area contributed by atoms with Gasteiger partial charge in [0.05, 0.1) is 19.6 Å². The summed E-state index contributed by atoms with van der Waals surface area (Å²) >= 11 is 0. The van der Waals surface area contributed by atoms with Crippen LogP contribution in [0.4, 0.5) is 0 Å². The van der Waals surface area contributed by atoms with E-state index in [4.69, 9.17) is 9.47 Å². The zero-order valence-corrected chi connectivity index (χ0v) is 5.00. The molecule has 0 N–H and O–H groups in total. The van der Waals surface area contributed by atoms with E-state index in [1.165, 1.54) is 0 Å². The monoisotopic (exact) mass is 128 g/mol. The van der Waals surface area contributed by atoms with E-state index in [9.17, 15) is 4.79 Å². The number of hydrogen-bond donors (Lipinski definition) is 0. The molecule has 3 nitrogen and oxygen atoms in total. The van der Waals surface area contributed by atoms with Gasteiger partial charge in [-0.2, -0.15) is 0 Å². The van der Waals surface area contributed by atoms with Crippen LogP contribution in [-0.4, -0.2) is 25.3 Å². The molecule has 0 radical (unpaired) electrons. The zero-order valence-electron chi connectivity index (χ0n) is 5.00. The molecule has 2 atom stereocenters. The minimum absolute atomic E-state index is 0.0618. The van der Waals surface area contributed by atoms with E-state index in [1.54, 1.807) is 0 Å². The molecule has 9 heavy (non-hydrogen) atoms. The summed E-state index contributed by atoms with van der Waals surface area (Å²) in [6.07, 6.45) is 0.641. The van der Waals surface area contributed by atoms with Crippen molar-refractivity contribution in [3.8, 4) is 0 Å². The Bertz CT molecular complexity index is 129. The largest absolute Gasteiger partial charge is 0.459 e. The van der Waals surface area contributed by atoms with Crippen molar-refractivity contribution in [1.82, 2.24) is 0 Å². The lowest BCUT2D eigenvalue weighted by Gasteiger charge is -2.01. The molecule has 0 aromatic carbocycles. The molecule has 50 valence electrons. The van der Waals surface area contributed by atoms with Crippen molar-refractivity contribution < 1.29 is 14.3 Å². The van der Waals surface area contributed by atoms with Crippen LogP contribution in [0.3, 0.4) is 0 Å². The molecule has 2 aliphatic heterocycles. The first kappa shape index (κ1) is 5.23. The molecule has 2 aliphatic rings. The van der Waals surface area contributed by atoms with E-state index < -0.39 is 0 Å². The van der Waals surface area contributed by atoms with E-state index in [0.717, 1.165) is 0 Å². The van der Waals surface area contributed by atoms with Gasteiger partial charge in [-0.05, 0) is 0 Å². The zero-order chi connectivity index (χ0) is 6.27. The summed E-state index contributed by atoms with van der Waals surface area (Å²) in [5, 5.41) is 0. The van der Waals surface area contributed by atoms with Crippen LogP contribution in [0.5, 0.6) is 0 Å². The molecule has 2 fully saturated rings. The van der Waals surface area contributed by atoms with E-state index in [1.807, 2.05) is 0 Å². The molecule has 0 saturated carbocycles. The van der Waals surface area contributed by atoms with Crippen LogP contribution < -0.4 is 0 Å². The fourth-order valence-corrected chi connectivity index (χ4v) is 1.33. The molecule has 0 amide bonds. The maximum Gasteiger partial charge on any atom is 0.306 e. The van der Waals surface area contributed by atoms with Crippen molar-refractivity contribution in [3.63, 3.8) is 0 Å². The molecular formula is C6H8O3. The molecule has 0 spiro atoms. The third-order valence-electron chi connectivity index (χ3n) is 1.85. The Morgan fingerprint density at radius 1 is 1.44 bits per heavy atom. The van der Waals surface area contributed by atoms with Crippen LogP contribution in [0.25, 0.3) is 0 Å². The minimum atomic E-state index is -0.0618. The van der Waals surface area contributed by atoms with Crippen LogP contribution in [0, 0.1) is 5.92 Å². The Hall–Kier alpha value is -0.570. The summed E-state index contributed by atoms with van der Waals surface area (Å²) in [5.74, 6) is 0.297. The molecule has 0 aliphatic carbocycles. The number of hydrogen-bond acceptors (Lipinski definition) is 3. The quantitative estimate of drug-likeness (QED) is 0.429. The highest BCUT2D eigenvalue weighted by Crippen LogP contribution is 2.27. The summed E-state index contributed by atoms with van der Waals surface area (Å²) in [7, 11) is 0. The Morgan fingerprint density at radius 3 is 3.11 bits per heavy atom. The van der Waals surface area contributed by atoms with Crippen LogP contribution in [-0.2, 0) is 14.3 Å². The lowest BCUT2D eigenvalue weighted by molar-refractivity contribution is -0.142. The van der Waals surface area contributed by atoms with Crippen molar-refractivity contribution in [2.24, 2.45) is 5.92 Å². The molecule has 2 rings (SSSR count). The second-order valence-corrected chi connectivity index (χ2v) is 2.53. The van der Waals surface area contributed by atoms with Gasteiger partial charge in [0.1, 0.15) is 6.10 Å². The third-order valence-corrected chi connectivity index (χ3v) is 1.85. The smallest absolute Gasteiger partial charge is 0.306 e. The normalized spacial score (nSPS) is 40.7. The molecular weight excluding hydrogens is 120 g/mol. The number of carbonyl (C=O) groups excluding carboxylic acids is 1. The van der Waals surface area contributed by atoms with Gasteiger partial charge in [0.15, 0.2) is 0 Å². The molecule has 2 unspecified atom stereocenters. The Kier molecular flexibility index (Phi) is 0.990. The van der Waals surface area contributed by atoms with Gasteiger partial charge in [0, 0.05) is 5.92 Å². The molecule has 0 aromatic heterocycles. The first-order valence-corrected chi connectivity index (χ1v) is 3.13. The Labute approximate surface area is 52.9 Å². The number of esters is 1. The first-order valence-electron chi connectivity index (χ1n) is 3.13. The van der Waals surface area contributed by atoms with E-state index in [0.29, 0.717) is 25.6 Å². The summed E-state index contributed by atoms with van der Waals surface area (Å²) in [6.45, 7) is 1.31. The predicted molar refractivity (Wildman–Crippen MR) is 28.8 cm³/mol. The fraction of sp³-hybridized carbons (Fsp3) is 0.833. The van der Waals surface area contributed by atoms with E-state index in [-0.39, 0.29) is 12.1 Å². The second-order valence-electron chi connectivity index (χ2n) is 2.53. The highest BCUT2D eigenvalue weighted by Gasteiger charge is 2.38. The fourth-order valence-electron chi connectivity index (χ4n) is 1.33. The summed E-state index contributed by atoms with van der Waals surface area (Å²) in [6, 6.07) is 0. The number of rotatable bonds is 0. The third kappa shape index (κ3) is 0.721. The van der Waals surface area contributed by atoms with E-state index >= 15 is 0 Å². The lowest BCUT2D eigenvalue weighted by Crippen LogP contribution is -2.12. The van der Waals surface area contributed by atoms with Gasteiger partial charge in [-0.15, -0.1) is 0 Å². The average Bonchev–Trinajstić information content (AvgIpc) is 2.22. The first-order chi connectivity index (χ1) is 4.36. The van der Waals surface area contributed by atoms with Crippen molar-refractivity contribution in [1.29, 1.82) is 0 Å². The van der Waals surface area contributed by atoms with Crippen molar-refractivity contribution in [2.75, 3.05) is 13.2 Å². The van der Waals surface area contributed by atoms with Crippen LogP contribution >= 0.6 is 0 Å². The number of ether oxygens (including phenoxy) is 2. The van der Waals surface area contributed by atoms with Crippen LogP contribution in [0.1, 0.15) is 6.42 Å². The topological polar surface area (TPSA) is 35.5 Å². The molecule has 3 heteroatoms. The maximum atomic E-state index is 10.6. The SMILES string of the molecule is O=C1CC2COCC2O1. The second kappa shape index (κ2) is 1.70. The lowest BCUT2D eigenvalue weighted by atomic mass is 10.1. The van der Waals surface area contributed by atoms with Crippen LogP contribution in [0.2, 0.25) is 0 Å². The van der Waals surface area contributed by atoms with Crippen molar-refractivity contribution in [2.45, 2.75) is 12.5 Å². The van der Waals surface area contributed by atoms with Gasteiger partial charge in [0.2, 0.25) is 0 Å². The summed E-state index contributed by atoms with van der Waals surface area (Å²) in [4.78, 5) is 10.6. The van der Waals surface area contributed by atoms with E-state index in [2.05, 4.69) is 0 Å².